The minimum absolute atomic E-state index is 0.0853. The van der Waals surface area contributed by atoms with Crippen molar-refractivity contribution < 1.29 is 9.83 Å². The summed E-state index contributed by atoms with van der Waals surface area (Å²) in [7, 11) is 0. The standard InChI is InChI=1S/C3H4N6O3S2/c4-1-14-7-3(13)8(9(11)12)6-2(5)10/h(H,7,13)(H3,5,6,10). The van der Waals surface area contributed by atoms with Crippen LogP contribution in [0.15, 0.2) is 0 Å². The van der Waals surface area contributed by atoms with Crippen LogP contribution in [0.3, 0.4) is 0 Å². The monoisotopic (exact) mass is 236 g/mol. The molecule has 0 radical (unpaired) electrons. The lowest BCUT2D eigenvalue weighted by Gasteiger charge is -2.12. The Labute approximate surface area is 87.4 Å². The molecule has 11 heteroatoms. The van der Waals surface area contributed by atoms with Gasteiger partial charge in [0, 0.05) is 5.12 Å². The molecule has 14 heavy (non-hydrogen) atoms. The van der Waals surface area contributed by atoms with E-state index in [0.29, 0.717) is 11.9 Å². The number of nitriles is 1. The SMILES string of the molecule is N#CSNC(=S)N(NC(N)=O)[N+](=O)[O-]. The molecule has 0 aromatic carbocycles. The number of primary amides is 1. The van der Waals surface area contributed by atoms with E-state index < -0.39 is 16.2 Å². The van der Waals surface area contributed by atoms with Crippen LogP contribution in [0, 0.1) is 20.8 Å². The molecule has 0 saturated carbocycles. The van der Waals surface area contributed by atoms with Gasteiger partial charge < -0.3 is 5.73 Å². The number of urea groups is 1. The third-order valence-corrected chi connectivity index (χ3v) is 1.55. The van der Waals surface area contributed by atoms with Crippen LogP contribution in [-0.4, -0.2) is 21.3 Å². The number of carbonyl (C=O) groups excluding carboxylic acids is 1. The van der Waals surface area contributed by atoms with Crippen molar-refractivity contribution in [2.75, 3.05) is 0 Å². The largest absolute Gasteiger partial charge is 0.350 e. The molecular weight excluding hydrogens is 232 g/mol. The summed E-state index contributed by atoms with van der Waals surface area (Å²) < 4.78 is 2.12. The Balaban J connectivity index is 4.35. The molecule has 0 rings (SSSR count). The van der Waals surface area contributed by atoms with E-state index in [1.807, 2.05) is 0 Å². The van der Waals surface area contributed by atoms with Gasteiger partial charge in [0.1, 0.15) is 0 Å². The van der Waals surface area contributed by atoms with Crippen LogP contribution in [0.4, 0.5) is 4.79 Å². The molecule has 0 bridgehead atoms. The molecule has 0 unspecified atom stereocenters. The van der Waals surface area contributed by atoms with Gasteiger partial charge in [-0.15, -0.1) is 0 Å². The number of hydrogen-bond acceptors (Lipinski definition) is 6. The number of amides is 2. The first-order chi connectivity index (χ1) is 6.49. The fraction of sp³-hybridized carbons (Fsp3) is 0. The molecule has 2 amide bonds. The molecule has 4 N–H and O–H groups in total. The summed E-state index contributed by atoms with van der Waals surface area (Å²) >= 11 is 4.93. The maximum absolute atomic E-state index is 10.3. The van der Waals surface area contributed by atoms with E-state index >= 15 is 0 Å². The molecule has 0 aliphatic rings. The van der Waals surface area contributed by atoms with E-state index in [1.165, 1.54) is 0 Å². The number of nitrogens with zero attached hydrogens (tertiary/aromatic N) is 3. The van der Waals surface area contributed by atoms with E-state index in [9.17, 15) is 14.9 Å². The Morgan fingerprint density at radius 3 is 2.71 bits per heavy atom. The molecule has 0 aliphatic heterocycles. The van der Waals surface area contributed by atoms with Crippen LogP contribution in [0.25, 0.3) is 0 Å². The van der Waals surface area contributed by atoms with Crippen LogP contribution >= 0.6 is 24.2 Å². The van der Waals surface area contributed by atoms with Gasteiger partial charge in [-0.25, -0.2) is 14.9 Å². The highest BCUT2D eigenvalue weighted by atomic mass is 32.2. The number of hydrazine groups is 2. The van der Waals surface area contributed by atoms with Gasteiger partial charge in [0.05, 0.1) is 11.9 Å². The molecule has 9 nitrogen and oxygen atoms in total. The van der Waals surface area contributed by atoms with E-state index in [1.54, 1.807) is 10.8 Å². The van der Waals surface area contributed by atoms with E-state index in [2.05, 4.69) is 22.7 Å². The highest BCUT2D eigenvalue weighted by molar-refractivity contribution is 8.03. The Morgan fingerprint density at radius 2 is 2.36 bits per heavy atom. The fourth-order valence-corrected chi connectivity index (χ4v) is 0.837. The number of carbonyl (C=O) groups is 1. The van der Waals surface area contributed by atoms with Crippen molar-refractivity contribution in [1.29, 1.82) is 5.26 Å². The first kappa shape index (κ1) is 12.2. The predicted octanol–water partition coefficient (Wildman–Crippen LogP) is -0.933. The molecule has 76 valence electrons. The lowest BCUT2D eigenvalue weighted by Crippen LogP contribution is -2.53. The van der Waals surface area contributed by atoms with Gasteiger partial charge in [-0.2, -0.15) is 10.7 Å². The summed E-state index contributed by atoms with van der Waals surface area (Å²) in [6.45, 7) is 0. The minimum atomic E-state index is -1.15. The second-order valence-electron chi connectivity index (χ2n) is 1.63. The van der Waals surface area contributed by atoms with Gasteiger partial charge in [0.25, 0.3) is 5.11 Å². The summed E-state index contributed by atoms with van der Waals surface area (Å²) in [6.07, 6.45) is 0. The van der Waals surface area contributed by atoms with Gasteiger partial charge >= 0.3 is 6.03 Å². The van der Waals surface area contributed by atoms with Crippen molar-refractivity contribution in [3.05, 3.63) is 10.1 Å². The number of thiocyanates is 1. The molecule has 0 heterocycles. The summed E-state index contributed by atoms with van der Waals surface area (Å²) in [5.74, 6) is 0. The molecule has 0 fully saturated rings. The zero-order valence-corrected chi connectivity index (χ0v) is 8.09. The molecule has 0 atom stereocenters. The summed E-state index contributed by atoms with van der Waals surface area (Å²) in [5.41, 5.74) is 6.28. The van der Waals surface area contributed by atoms with Crippen LogP contribution in [-0.2, 0) is 0 Å². The van der Waals surface area contributed by atoms with E-state index in [4.69, 9.17) is 5.26 Å². The Hall–Kier alpha value is -1.80. The van der Waals surface area contributed by atoms with Crippen molar-refractivity contribution in [3.63, 3.8) is 0 Å². The van der Waals surface area contributed by atoms with Crippen LogP contribution in [0.1, 0.15) is 0 Å². The number of thiocarbonyl (C=S) groups is 1. The molecular formula is C3H4N6O3S2. The molecule has 0 aliphatic carbocycles. The lowest BCUT2D eigenvalue weighted by atomic mass is 11.0. The summed E-state index contributed by atoms with van der Waals surface area (Å²) in [5, 5.41) is 18.6. The van der Waals surface area contributed by atoms with Gasteiger partial charge in [-0.3, -0.25) is 4.72 Å². The van der Waals surface area contributed by atoms with Gasteiger partial charge in [0.15, 0.2) is 10.4 Å². The average molecular weight is 236 g/mol. The third kappa shape index (κ3) is 4.28. The maximum atomic E-state index is 10.3. The van der Waals surface area contributed by atoms with Crippen molar-refractivity contribution >= 4 is 35.3 Å². The Kier molecular flexibility index (Phi) is 5.04. The number of nitrogens with one attached hydrogen (secondary N) is 2. The van der Waals surface area contributed by atoms with Gasteiger partial charge in [0.2, 0.25) is 0 Å². The molecule has 0 saturated heterocycles. The first-order valence-corrected chi connectivity index (χ1v) is 4.07. The number of nitrogens with two attached hydrogens (primary N) is 1. The summed E-state index contributed by atoms with van der Waals surface area (Å²) in [6, 6.07) is -1.15. The second kappa shape index (κ2) is 5.78. The molecule has 0 aromatic rings. The minimum Gasteiger partial charge on any atom is -0.350 e. The van der Waals surface area contributed by atoms with Crippen LogP contribution in [0.2, 0.25) is 0 Å². The Morgan fingerprint density at radius 1 is 1.79 bits per heavy atom. The third-order valence-electron chi connectivity index (χ3n) is 0.756. The van der Waals surface area contributed by atoms with Crippen molar-refractivity contribution in [2.24, 2.45) is 5.73 Å². The molecule has 0 aromatic heterocycles. The zero-order valence-electron chi connectivity index (χ0n) is 6.46. The number of hydrogen-bond donors (Lipinski definition) is 3. The van der Waals surface area contributed by atoms with Crippen molar-refractivity contribution in [2.45, 2.75) is 0 Å². The normalized spacial score (nSPS) is 8.21. The topological polar surface area (TPSA) is 137 Å². The van der Waals surface area contributed by atoms with Crippen LogP contribution < -0.4 is 15.9 Å². The smallest absolute Gasteiger partial charge is 0.335 e. The highest BCUT2D eigenvalue weighted by Crippen LogP contribution is 1.92. The average Bonchev–Trinajstić information content (AvgIpc) is 2.09. The zero-order chi connectivity index (χ0) is 11.1. The predicted molar refractivity (Wildman–Crippen MR) is 50.5 cm³/mol. The van der Waals surface area contributed by atoms with E-state index in [-0.39, 0.29) is 5.12 Å². The number of nitro groups is 1. The maximum Gasteiger partial charge on any atom is 0.335 e. The summed E-state index contributed by atoms with van der Waals surface area (Å²) in [4.78, 5) is 20.6. The van der Waals surface area contributed by atoms with Gasteiger partial charge in [-0.05, 0) is 12.2 Å². The second-order valence-corrected chi connectivity index (χ2v) is 2.60. The van der Waals surface area contributed by atoms with Gasteiger partial charge in [-0.1, -0.05) is 0 Å². The van der Waals surface area contributed by atoms with E-state index in [0.717, 1.165) is 0 Å². The van der Waals surface area contributed by atoms with Crippen LogP contribution in [0.5, 0.6) is 0 Å². The van der Waals surface area contributed by atoms with Crippen molar-refractivity contribution in [1.82, 2.24) is 15.3 Å². The fourth-order valence-electron chi connectivity index (χ4n) is 0.380. The lowest BCUT2D eigenvalue weighted by molar-refractivity contribution is -0.639. The number of rotatable bonds is 2. The first-order valence-electron chi connectivity index (χ1n) is 2.84. The quantitative estimate of drug-likeness (QED) is 0.184. The highest BCUT2D eigenvalue weighted by Gasteiger charge is 2.22. The Bertz CT molecular complexity index is 299. The van der Waals surface area contributed by atoms with Crippen molar-refractivity contribution in [3.8, 4) is 5.40 Å². The molecule has 0 spiro atoms.